The zero-order valence-electron chi connectivity index (χ0n) is 14.7. The van der Waals surface area contributed by atoms with Crippen molar-refractivity contribution in [3.05, 3.63) is 57.6 Å². The molecular formula is C18H21N3O4S. The molecule has 0 saturated carbocycles. The summed E-state index contributed by atoms with van der Waals surface area (Å²) >= 11 is 0. The maximum absolute atomic E-state index is 12.7. The minimum atomic E-state index is -3.76. The lowest BCUT2D eigenvalue weighted by molar-refractivity contribution is -0.384. The van der Waals surface area contributed by atoms with Gasteiger partial charge in [0.15, 0.2) is 0 Å². The predicted octanol–water partition coefficient (Wildman–Crippen LogP) is 3.61. The first-order valence-electron chi connectivity index (χ1n) is 8.41. The molecule has 7 nitrogen and oxygen atoms in total. The van der Waals surface area contributed by atoms with Gasteiger partial charge in [0.05, 0.1) is 15.5 Å². The van der Waals surface area contributed by atoms with Gasteiger partial charge >= 0.3 is 0 Å². The normalized spacial score (nSPS) is 14.5. The van der Waals surface area contributed by atoms with Gasteiger partial charge in [0.1, 0.15) is 5.69 Å². The third-order valence-corrected chi connectivity index (χ3v) is 5.92. The highest BCUT2D eigenvalue weighted by atomic mass is 32.2. The first-order valence-corrected chi connectivity index (χ1v) is 9.90. The van der Waals surface area contributed by atoms with Crippen LogP contribution < -0.4 is 9.62 Å². The molecule has 1 N–H and O–H groups in total. The number of hydrogen-bond donors (Lipinski definition) is 1. The Bertz CT molecular complexity index is 934. The summed E-state index contributed by atoms with van der Waals surface area (Å²) in [6, 6.07) is 9.55. The molecule has 0 aromatic heterocycles. The Morgan fingerprint density at radius 2 is 1.69 bits per heavy atom. The Hall–Kier alpha value is -2.61. The van der Waals surface area contributed by atoms with Gasteiger partial charge in [-0.05, 0) is 50.5 Å². The van der Waals surface area contributed by atoms with Gasteiger partial charge in [-0.1, -0.05) is 17.7 Å². The van der Waals surface area contributed by atoms with Crippen LogP contribution in [0.3, 0.4) is 0 Å². The summed E-state index contributed by atoms with van der Waals surface area (Å²) < 4.78 is 27.9. The highest BCUT2D eigenvalue weighted by molar-refractivity contribution is 7.92. The van der Waals surface area contributed by atoms with Gasteiger partial charge < -0.3 is 4.90 Å². The Morgan fingerprint density at radius 1 is 1.08 bits per heavy atom. The molecule has 1 aliphatic heterocycles. The molecular weight excluding hydrogens is 354 g/mol. The van der Waals surface area contributed by atoms with E-state index in [9.17, 15) is 18.5 Å². The van der Waals surface area contributed by atoms with E-state index in [1.54, 1.807) is 37.3 Å². The maximum atomic E-state index is 12.7. The van der Waals surface area contributed by atoms with E-state index in [4.69, 9.17) is 0 Å². The molecule has 2 aromatic rings. The van der Waals surface area contributed by atoms with Crippen molar-refractivity contribution >= 4 is 27.1 Å². The van der Waals surface area contributed by atoms with E-state index >= 15 is 0 Å². The van der Waals surface area contributed by atoms with Crippen LogP contribution in [0.25, 0.3) is 0 Å². The molecule has 0 bridgehead atoms. The van der Waals surface area contributed by atoms with Gasteiger partial charge in [0.25, 0.3) is 15.7 Å². The van der Waals surface area contributed by atoms with Crippen LogP contribution in [0.5, 0.6) is 0 Å². The monoisotopic (exact) mass is 375 g/mol. The fraction of sp³-hybridized carbons (Fsp3) is 0.333. The number of rotatable bonds is 5. The highest BCUT2D eigenvalue weighted by Crippen LogP contribution is 2.36. The average molecular weight is 375 g/mol. The van der Waals surface area contributed by atoms with E-state index in [-0.39, 0.29) is 10.6 Å². The number of aryl methyl sites for hydroxylation is 2. The van der Waals surface area contributed by atoms with Gasteiger partial charge in [-0.25, -0.2) is 8.42 Å². The second kappa shape index (κ2) is 6.95. The second-order valence-corrected chi connectivity index (χ2v) is 8.21. The molecule has 0 spiro atoms. The molecule has 26 heavy (non-hydrogen) atoms. The molecule has 0 radical (unpaired) electrons. The average Bonchev–Trinajstić information content (AvgIpc) is 3.11. The summed E-state index contributed by atoms with van der Waals surface area (Å²) in [5.74, 6) is 0. The lowest BCUT2D eigenvalue weighted by Gasteiger charge is -2.20. The summed E-state index contributed by atoms with van der Waals surface area (Å²) in [5, 5.41) is 11.4. The molecule has 1 saturated heterocycles. The Labute approximate surface area is 152 Å². The number of anilines is 2. The van der Waals surface area contributed by atoms with Crippen LogP contribution in [0, 0.1) is 24.0 Å². The number of sulfonamides is 1. The fourth-order valence-electron chi connectivity index (χ4n) is 3.07. The number of nitrogens with zero attached hydrogens (tertiary/aromatic N) is 2. The van der Waals surface area contributed by atoms with Crippen molar-refractivity contribution in [2.45, 2.75) is 31.6 Å². The maximum Gasteiger partial charge on any atom is 0.292 e. The summed E-state index contributed by atoms with van der Waals surface area (Å²) in [6.07, 6.45) is 1.94. The molecule has 0 amide bonds. The van der Waals surface area contributed by atoms with Crippen LogP contribution >= 0.6 is 0 Å². The topological polar surface area (TPSA) is 92.6 Å². The van der Waals surface area contributed by atoms with Crippen LogP contribution in [0.2, 0.25) is 0 Å². The highest BCUT2D eigenvalue weighted by Gasteiger charge is 2.25. The van der Waals surface area contributed by atoms with Crippen LogP contribution in [-0.2, 0) is 10.0 Å². The van der Waals surface area contributed by atoms with Crippen molar-refractivity contribution in [1.29, 1.82) is 0 Å². The molecule has 2 aromatic carbocycles. The van der Waals surface area contributed by atoms with Gasteiger partial charge in [-0.2, -0.15) is 0 Å². The Morgan fingerprint density at radius 3 is 2.27 bits per heavy atom. The Balaban J connectivity index is 2.00. The van der Waals surface area contributed by atoms with Gasteiger partial charge in [0, 0.05) is 19.2 Å². The van der Waals surface area contributed by atoms with Crippen molar-refractivity contribution in [2.75, 3.05) is 22.7 Å². The molecule has 3 rings (SSSR count). The van der Waals surface area contributed by atoms with Crippen molar-refractivity contribution in [1.82, 2.24) is 0 Å². The smallest absolute Gasteiger partial charge is 0.292 e. The van der Waals surface area contributed by atoms with Crippen molar-refractivity contribution < 1.29 is 13.3 Å². The third kappa shape index (κ3) is 3.65. The van der Waals surface area contributed by atoms with E-state index in [2.05, 4.69) is 4.72 Å². The zero-order chi connectivity index (χ0) is 18.9. The van der Waals surface area contributed by atoms with Crippen LogP contribution in [0.1, 0.15) is 24.0 Å². The van der Waals surface area contributed by atoms with E-state index in [1.165, 1.54) is 6.07 Å². The standard InChI is InChI=1S/C18H21N3O4S/c1-13-5-7-15(8-6-13)26(24,25)19-16-12-17(20-9-3-4-10-20)18(21(22)23)11-14(16)2/h5-8,11-12,19H,3-4,9-10H2,1-2H3. The molecule has 0 aliphatic carbocycles. The lowest BCUT2D eigenvalue weighted by Crippen LogP contribution is -2.20. The first-order chi connectivity index (χ1) is 12.3. The largest absolute Gasteiger partial charge is 0.366 e. The summed E-state index contributed by atoms with van der Waals surface area (Å²) in [5.41, 5.74) is 2.29. The predicted molar refractivity (Wildman–Crippen MR) is 101 cm³/mol. The molecule has 138 valence electrons. The number of nitro benzene ring substituents is 1. The minimum absolute atomic E-state index is 0.00249. The van der Waals surface area contributed by atoms with Crippen LogP contribution in [0.15, 0.2) is 41.3 Å². The van der Waals surface area contributed by atoms with E-state index in [0.29, 0.717) is 16.9 Å². The summed E-state index contributed by atoms with van der Waals surface area (Å²) in [4.78, 5) is 13.1. The van der Waals surface area contributed by atoms with Crippen LogP contribution in [-0.4, -0.2) is 26.4 Å². The summed E-state index contributed by atoms with van der Waals surface area (Å²) in [7, 11) is -3.76. The number of hydrogen-bond acceptors (Lipinski definition) is 5. The zero-order valence-corrected chi connectivity index (χ0v) is 15.5. The summed E-state index contributed by atoms with van der Waals surface area (Å²) in [6.45, 7) is 5.00. The lowest BCUT2D eigenvalue weighted by atomic mass is 10.1. The van der Waals surface area contributed by atoms with Crippen LogP contribution in [0.4, 0.5) is 17.1 Å². The molecule has 1 heterocycles. The first kappa shape index (κ1) is 18.2. The molecule has 0 atom stereocenters. The molecule has 8 heteroatoms. The quantitative estimate of drug-likeness (QED) is 0.636. The Kier molecular flexibility index (Phi) is 4.86. The SMILES string of the molecule is Cc1ccc(S(=O)(=O)Nc2cc(N3CCCC3)c([N+](=O)[O-])cc2C)cc1. The van der Waals surface area contributed by atoms with Crippen molar-refractivity contribution in [3.63, 3.8) is 0 Å². The molecule has 1 aliphatic rings. The molecule has 0 unspecified atom stereocenters. The number of nitro groups is 1. The van der Waals surface area contributed by atoms with Gasteiger partial charge in [-0.3, -0.25) is 14.8 Å². The van der Waals surface area contributed by atoms with Gasteiger partial charge in [-0.15, -0.1) is 0 Å². The van der Waals surface area contributed by atoms with Gasteiger partial charge in [0.2, 0.25) is 0 Å². The van der Waals surface area contributed by atoms with E-state index < -0.39 is 14.9 Å². The van der Waals surface area contributed by atoms with Crippen molar-refractivity contribution in [3.8, 4) is 0 Å². The van der Waals surface area contributed by atoms with E-state index in [1.807, 2.05) is 11.8 Å². The fourth-order valence-corrected chi connectivity index (χ4v) is 4.19. The number of benzene rings is 2. The molecule has 1 fully saturated rings. The third-order valence-electron chi connectivity index (χ3n) is 4.54. The van der Waals surface area contributed by atoms with E-state index in [0.717, 1.165) is 31.5 Å². The number of nitrogens with one attached hydrogen (secondary N) is 1. The van der Waals surface area contributed by atoms with Crippen molar-refractivity contribution in [2.24, 2.45) is 0 Å². The minimum Gasteiger partial charge on any atom is -0.366 e. The second-order valence-electron chi connectivity index (χ2n) is 6.53.